The third kappa shape index (κ3) is 3.83. The summed E-state index contributed by atoms with van der Waals surface area (Å²) in [4.78, 5) is 0. The van der Waals surface area contributed by atoms with Gasteiger partial charge in [-0.2, -0.15) is 5.10 Å². The summed E-state index contributed by atoms with van der Waals surface area (Å²) in [5.41, 5.74) is 8.74. The summed E-state index contributed by atoms with van der Waals surface area (Å²) in [6, 6.07) is 2.19. The van der Waals surface area contributed by atoms with Crippen molar-refractivity contribution in [2.24, 2.45) is 18.7 Å². The molecule has 20 heavy (non-hydrogen) atoms. The Morgan fingerprint density at radius 2 is 2.10 bits per heavy atom. The van der Waals surface area contributed by atoms with Crippen molar-refractivity contribution in [2.75, 3.05) is 6.61 Å². The van der Waals surface area contributed by atoms with E-state index in [0.717, 1.165) is 18.7 Å². The molecule has 0 radical (unpaired) electrons. The average molecular weight is 279 g/mol. The van der Waals surface area contributed by atoms with E-state index < -0.39 is 0 Å². The Balaban J connectivity index is 2.02. The van der Waals surface area contributed by atoms with Gasteiger partial charge >= 0.3 is 0 Å². The van der Waals surface area contributed by atoms with Gasteiger partial charge in [0, 0.05) is 31.8 Å². The first kappa shape index (κ1) is 15.5. The zero-order valence-corrected chi connectivity index (χ0v) is 13.1. The van der Waals surface area contributed by atoms with Crippen LogP contribution in [0.4, 0.5) is 0 Å². The molecule has 4 nitrogen and oxygen atoms in total. The van der Waals surface area contributed by atoms with Gasteiger partial charge < -0.3 is 10.5 Å². The molecule has 0 amide bonds. The predicted octanol–water partition coefficient (Wildman–Crippen LogP) is 2.58. The molecule has 1 aromatic heterocycles. The molecule has 2 unspecified atom stereocenters. The molecule has 2 atom stereocenters. The first-order chi connectivity index (χ1) is 9.61. The Kier molecular flexibility index (Phi) is 5.61. The Morgan fingerprint density at radius 3 is 2.65 bits per heavy atom. The number of aryl methyl sites for hydroxylation is 2. The second-order valence-corrected chi connectivity index (χ2v) is 6.09. The molecule has 114 valence electrons. The molecular weight excluding hydrogens is 250 g/mol. The molecule has 0 aromatic carbocycles. The lowest BCUT2D eigenvalue weighted by atomic mass is 9.82. The molecule has 2 rings (SSSR count). The summed E-state index contributed by atoms with van der Waals surface area (Å²) in [7, 11) is 1.99. The van der Waals surface area contributed by atoms with Crippen LogP contribution in [0.3, 0.4) is 0 Å². The lowest BCUT2D eigenvalue weighted by Crippen LogP contribution is -2.44. The summed E-state index contributed by atoms with van der Waals surface area (Å²) in [6.45, 7) is 4.84. The van der Waals surface area contributed by atoms with Crippen LogP contribution in [0.5, 0.6) is 0 Å². The lowest BCUT2D eigenvalue weighted by molar-refractivity contribution is -0.00943. The van der Waals surface area contributed by atoms with E-state index in [2.05, 4.69) is 18.1 Å². The molecular formula is C16H29N3O. The van der Waals surface area contributed by atoms with Crippen molar-refractivity contribution >= 4 is 0 Å². The summed E-state index contributed by atoms with van der Waals surface area (Å²) >= 11 is 0. The number of nitrogens with zero attached hydrogens (tertiary/aromatic N) is 2. The number of nitrogens with two attached hydrogens (primary N) is 1. The van der Waals surface area contributed by atoms with E-state index in [1.807, 2.05) is 18.7 Å². The molecule has 1 aliphatic rings. The van der Waals surface area contributed by atoms with Crippen molar-refractivity contribution in [3.63, 3.8) is 0 Å². The molecule has 2 N–H and O–H groups in total. The van der Waals surface area contributed by atoms with Crippen LogP contribution in [0, 0.1) is 12.8 Å². The van der Waals surface area contributed by atoms with Crippen LogP contribution in [0.1, 0.15) is 50.4 Å². The highest BCUT2D eigenvalue weighted by Crippen LogP contribution is 2.29. The highest BCUT2D eigenvalue weighted by molar-refractivity contribution is 5.10. The van der Waals surface area contributed by atoms with Gasteiger partial charge in [-0.25, -0.2) is 0 Å². The second kappa shape index (κ2) is 7.23. The zero-order valence-electron chi connectivity index (χ0n) is 13.1. The number of rotatable bonds is 6. The van der Waals surface area contributed by atoms with Crippen molar-refractivity contribution in [1.82, 2.24) is 9.78 Å². The van der Waals surface area contributed by atoms with Gasteiger partial charge in [0.05, 0.1) is 11.8 Å². The topological polar surface area (TPSA) is 53.1 Å². The highest BCUT2D eigenvalue weighted by atomic mass is 16.5. The summed E-state index contributed by atoms with van der Waals surface area (Å²) < 4.78 is 7.95. The number of hydrogen-bond acceptors (Lipinski definition) is 3. The van der Waals surface area contributed by atoms with Crippen molar-refractivity contribution < 1.29 is 4.74 Å². The highest BCUT2D eigenvalue weighted by Gasteiger charge is 2.29. The van der Waals surface area contributed by atoms with Gasteiger partial charge in [-0.05, 0) is 38.7 Å². The van der Waals surface area contributed by atoms with Crippen LogP contribution < -0.4 is 5.73 Å². The second-order valence-electron chi connectivity index (χ2n) is 6.09. The van der Waals surface area contributed by atoms with E-state index in [1.54, 1.807) is 0 Å². The fourth-order valence-corrected chi connectivity index (χ4v) is 3.48. The van der Waals surface area contributed by atoms with E-state index in [0.29, 0.717) is 5.92 Å². The van der Waals surface area contributed by atoms with Gasteiger partial charge in [0.1, 0.15) is 0 Å². The minimum Gasteiger partial charge on any atom is -0.377 e. The quantitative estimate of drug-likeness (QED) is 0.871. The van der Waals surface area contributed by atoms with Crippen LogP contribution in [-0.2, 0) is 18.2 Å². The van der Waals surface area contributed by atoms with Crippen LogP contribution in [0.15, 0.2) is 6.07 Å². The molecule has 0 saturated heterocycles. The largest absolute Gasteiger partial charge is 0.377 e. The summed E-state index contributed by atoms with van der Waals surface area (Å²) in [5.74, 6) is 0.632. The number of hydrogen-bond donors (Lipinski definition) is 1. The first-order valence-corrected chi connectivity index (χ1v) is 7.98. The molecule has 0 aliphatic heterocycles. The maximum Gasteiger partial charge on any atom is 0.0757 e. The summed E-state index contributed by atoms with van der Waals surface area (Å²) in [6.07, 6.45) is 7.59. The monoisotopic (exact) mass is 279 g/mol. The molecule has 4 heteroatoms. The molecule has 0 spiro atoms. The van der Waals surface area contributed by atoms with Gasteiger partial charge in [-0.15, -0.1) is 0 Å². The van der Waals surface area contributed by atoms with Crippen LogP contribution in [0.2, 0.25) is 0 Å². The average Bonchev–Trinajstić information content (AvgIpc) is 2.75. The van der Waals surface area contributed by atoms with Crippen molar-refractivity contribution in [1.29, 1.82) is 0 Å². The fourth-order valence-electron chi connectivity index (χ4n) is 3.48. The number of ether oxygens (including phenoxy) is 1. The van der Waals surface area contributed by atoms with Crippen molar-refractivity contribution in [3.05, 3.63) is 17.5 Å². The minimum absolute atomic E-state index is 0.0628. The van der Waals surface area contributed by atoms with E-state index >= 15 is 0 Å². The summed E-state index contributed by atoms with van der Waals surface area (Å²) in [5, 5.41) is 4.40. The van der Waals surface area contributed by atoms with Crippen LogP contribution in [0.25, 0.3) is 0 Å². The fraction of sp³-hybridized carbons (Fsp3) is 0.812. The smallest absolute Gasteiger partial charge is 0.0757 e. The molecule has 0 bridgehead atoms. The number of aromatic nitrogens is 2. The van der Waals surface area contributed by atoms with Gasteiger partial charge in [-0.1, -0.05) is 19.3 Å². The van der Waals surface area contributed by atoms with E-state index in [1.165, 1.54) is 37.8 Å². The lowest BCUT2D eigenvalue weighted by Gasteiger charge is -2.34. The maximum absolute atomic E-state index is 6.48. The Morgan fingerprint density at radius 1 is 1.40 bits per heavy atom. The van der Waals surface area contributed by atoms with Gasteiger partial charge in [-0.3, -0.25) is 4.68 Å². The molecule has 1 heterocycles. The van der Waals surface area contributed by atoms with Gasteiger partial charge in [0.2, 0.25) is 0 Å². The third-order valence-electron chi connectivity index (χ3n) is 4.44. The van der Waals surface area contributed by atoms with E-state index in [9.17, 15) is 0 Å². The normalized spacial score (nSPS) is 20.0. The van der Waals surface area contributed by atoms with Gasteiger partial charge in [0.25, 0.3) is 0 Å². The Labute approximate surface area is 122 Å². The predicted molar refractivity (Wildman–Crippen MR) is 81.6 cm³/mol. The maximum atomic E-state index is 6.48. The standard InChI is InChI=1S/C16H29N3O/c1-4-20-16(13-8-6-5-7-9-13)15(17)11-14-10-12(2)18-19(14)3/h10,13,15-16H,4-9,11,17H2,1-3H3. The van der Waals surface area contributed by atoms with Crippen molar-refractivity contribution in [3.8, 4) is 0 Å². The SMILES string of the molecule is CCOC(C(N)Cc1cc(C)nn1C)C1CCCCC1. The van der Waals surface area contributed by atoms with E-state index in [4.69, 9.17) is 10.5 Å². The zero-order chi connectivity index (χ0) is 14.5. The van der Waals surface area contributed by atoms with Gasteiger partial charge in [0.15, 0.2) is 0 Å². The Hall–Kier alpha value is -0.870. The molecule has 1 fully saturated rings. The molecule has 1 aromatic rings. The van der Waals surface area contributed by atoms with E-state index in [-0.39, 0.29) is 12.1 Å². The third-order valence-corrected chi connectivity index (χ3v) is 4.44. The van der Waals surface area contributed by atoms with Crippen LogP contribution >= 0.6 is 0 Å². The minimum atomic E-state index is 0.0628. The molecule has 1 aliphatic carbocycles. The molecule has 1 saturated carbocycles. The van der Waals surface area contributed by atoms with Crippen molar-refractivity contribution in [2.45, 2.75) is 64.5 Å². The Bertz CT molecular complexity index is 410. The van der Waals surface area contributed by atoms with Crippen LogP contribution in [-0.4, -0.2) is 28.5 Å². The first-order valence-electron chi connectivity index (χ1n) is 7.98.